The molecule has 1 heterocycles. The highest BCUT2D eigenvalue weighted by atomic mass is 16.6. The number of hydrogen-bond acceptors (Lipinski definition) is 6. The number of nitrogens with one attached hydrogen (secondary N) is 1. The van der Waals surface area contributed by atoms with Crippen molar-refractivity contribution in [2.45, 2.75) is 19.9 Å². The van der Waals surface area contributed by atoms with Crippen LogP contribution in [-0.4, -0.2) is 26.8 Å². The van der Waals surface area contributed by atoms with Crippen LogP contribution in [0.3, 0.4) is 0 Å². The Hall–Kier alpha value is -3.88. The van der Waals surface area contributed by atoms with Crippen molar-refractivity contribution < 1.29 is 9.72 Å². The normalized spacial score (nSPS) is 11.0. The van der Waals surface area contributed by atoms with Gasteiger partial charge in [0, 0.05) is 29.6 Å². The van der Waals surface area contributed by atoms with E-state index in [2.05, 4.69) is 15.6 Å². The lowest BCUT2D eigenvalue weighted by Gasteiger charge is -2.09. The van der Waals surface area contributed by atoms with Gasteiger partial charge in [0.2, 0.25) is 0 Å². The zero-order valence-corrected chi connectivity index (χ0v) is 15.0. The molecule has 1 aromatic heterocycles. The largest absolute Gasteiger partial charge is 0.292 e. The first-order valence-corrected chi connectivity index (χ1v) is 8.59. The predicted octanol–water partition coefficient (Wildman–Crippen LogP) is 2.48. The minimum absolute atomic E-state index is 0.0745. The molecule has 0 radical (unpaired) electrons. The van der Waals surface area contributed by atoms with E-state index in [0.717, 1.165) is 0 Å². The number of hydrogen-bond donors (Lipinski definition) is 1. The molecule has 0 bridgehead atoms. The van der Waals surface area contributed by atoms with Gasteiger partial charge in [0.1, 0.15) is 0 Å². The topological polar surface area (TPSA) is 119 Å². The lowest BCUT2D eigenvalue weighted by Crippen LogP contribution is -2.29. The van der Waals surface area contributed by atoms with E-state index in [0.29, 0.717) is 29.3 Å². The zero-order chi connectivity index (χ0) is 20.1. The predicted molar refractivity (Wildman–Crippen MR) is 104 cm³/mol. The fourth-order valence-corrected chi connectivity index (χ4v) is 2.70. The van der Waals surface area contributed by atoms with Gasteiger partial charge in [-0.25, -0.2) is 10.1 Å². The average molecular weight is 379 g/mol. The van der Waals surface area contributed by atoms with E-state index in [1.165, 1.54) is 29.1 Å². The summed E-state index contributed by atoms with van der Waals surface area (Å²) in [7, 11) is 0. The highest BCUT2D eigenvalue weighted by molar-refractivity contribution is 6.04. The van der Waals surface area contributed by atoms with Crippen molar-refractivity contribution in [3.8, 4) is 0 Å². The van der Waals surface area contributed by atoms with Gasteiger partial charge in [-0.15, -0.1) is 0 Å². The molecule has 3 aromatic rings. The molecular formula is C19H17N5O4. The number of amides is 1. The number of aromatic nitrogens is 2. The number of carbonyl (C=O) groups is 1. The molecule has 0 atom stereocenters. The Morgan fingerprint density at radius 3 is 2.71 bits per heavy atom. The Kier molecular flexibility index (Phi) is 5.54. The van der Waals surface area contributed by atoms with Crippen molar-refractivity contribution in [3.05, 3.63) is 80.3 Å². The van der Waals surface area contributed by atoms with Crippen molar-refractivity contribution in [1.29, 1.82) is 0 Å². The quantitative estimate of drug-likeness (QED) is 0.401. The maximum absolute atomic E-state index is 12.6. The molecular weight excluding hydrogens is 362 g/mol. The molecule has 0 aliphatic heterocycles. The molecule has 28 heavy (non-hydrogen) atoms. The number of benzene rings is 2. The molecule has 9 heteroatoms. The number of aryl methyl sites for hydroxylation is 1. The number of non-ortho nitro benzene ring substituents is 1. The zero-order valence-electron chi connectivity index (χ0n) is 15.0. The standard InChI is InChI=1S/C19H17N5O4/c1-2-10-23-19(26)16-9-4-3-8-15(16)17(22-23)18(25)21-20-12-13-6-5-7-14(11-13)24(27)28/h3-9,11-12H,2,10H2,1H3,(H,21,25)/b20-12-. The second-order valence-electron chi connectivity index (χ2n) is 5.97. The van der Waals surface area contributed by atoms with Crippen molar-refractivity contribution in [2.75, 3.05) is 0 Å². The van der Waals surface area contributed by atoms with Crippen molar-refractivity contribution in [2.24, 2.45) is 5.10 Å². The summed E-state index contributed by atoms with van der Waals surface area (Å²) in [5, 5.41) is 19.7. The summed E-state index contributed by atoms with van der Waals surface area (Å²) in [6, 6.07) is 12.6. The van der Waals surface area contributed by atoms with Crippen LogP contribution in [-0.2, 0) is 6.54 Å². The van der Waals surface area contributed by atoms with Crippen LogP contribution in [0.5, 0.6) is 0 Å². The number of fused-ring (bicyclic) bond motifs is 1. The van der Waals surface area contributed by atoms with Crippen LogP contribution in [0.1, 0.15) is 29.4 Å². The van der Waals surface area contributed by atoms with Crippen molar-refractivity contribution >= 4 is 28.6 Å². The van der Waals surface area contributed by atoms with Gasteiger partial charge in [-0.05, 0) is 12.5 Å². The first-order chi connectivity index (χ1) is 13.5. The van der Waals surface area contributed by atoms with Gasteiger partial charge in [0.15, 0.2) is 5.69 Å². The summed E-state index contributed by atoms with van der Waals surface area (Å²) < 4.78 is 1.27. The summed E-state index contributed by atoms with van der Waals surface area (Å²) in [4.78, 5) is 35.3. The molecule has 0 saturated heterocycles. The molecule has 0 aliphatic rings. The third-order valence-electron chi connectivity index (χ3n) is 3.98. The van der Waals surface area contributed by atoms with Crippen LogP contribution < -0.4 is 11.0 Å². The maximum atomic E-state index is 12.6. The maximum Gasteiger partial charge on any atom is 0.292 e. The van der Waals surface area contributed by atoms with Crippen LogP contribution in [0.25, 0.3) is 10.8 Å². The molecule has 0 unspecified atom stereocenters. The van der Waals surface area contributed by atoms with Crippen LogP contribution in [0.4, 0.5) is 5.69 Å². The van der Waals surface area contributed by atoms with Crippen LogP contribution in [0, 0.1) is 10.1 Å². The summed E-state index contributed by atoms with van der Waals surface area (Å²) in [5.41, 5.74) is 2.57. The van der Waals surface area contributed by atoms with E-state index in [1.54, 1.807) is 30.3 Å². The van der Waals surface area contributed by atoms with E-state index < -0.39 is 10.8 Å². The van der Waals surface area contributed by atoms with Gasteiger partial charge >= 0.3 is 0 Å². The molecule has 0 saturated carbocycles. The molecule has 0 aliphatic carbocycles. The first kappa shape index (κ1) is 18.9. The molecule has 9 nitrogen and oxygen atoms in total. The summed E-state index contributed by atoms with van der Waals surface area (Å²) in [5.74, 6) is -0.581. The Labute approximate surface area is 159 Å². The highest BCUT2D eigenvalue weighted by Crippen LogP contribution is 2.14. The van der Waals surface area contributed by atoms with Crippen LogP contribution >= 0.6 is 0 Å². The second kappa shape index (κ2) is 8.21. The van der Waals surface area contributed by atoms with Crippen LogP contribution in [0.15, 0.2) is 58.4 Å². The SMILES string of the molecule is CCCn1nc(C(=O)N/N=C\c2cccc([N+](=O)[O-])c2)c2ccccc2c1=O. The minimum Gasteiger partial charge on any atom is -0.267 e. The lowest BCUT2D eigenvalue weighted by atomic mass is 10.1. The van der Waals surface area contributed by atoms with E-state index >= 15 is 0 Å². The van der Waals surface area contributed by atoms with E-state index in [9.17, 15) is 19.7 Å². The summed E-state index contributed by atoms with van der Waals surface area (Å²) >= 11 is 0. The number of carbonyl (C=O) groups excluding carboxylic acids is 1. The van der Waals surface area contributed by atoms with E-state index in [4.69, 9.17) is 0 Å². The van der Waals surface area contributed by atoms with E-state index in [1.807, 2.05) is 6.92 Å². The molecule has 1 N–H and O–H groups in total. The number of nitro groups is 1. The van der Waals surface area contributed by atoms with Gasteiger partial charge in [-0.1, -0.05) is 37.3 Å². The number of nitro benzene ring substituents is 1. The van der Waals surface area contributed by atoms with E-state index in [-0.39, 0.29) is 16.9 Å². The summed E-state index contributed by atoms with van der Waals surface area (Å²) in [6.07, 6.45) is 1.99. The molecule has 2 aromatic carbocycles. The molecule has 3 rings (SSSR count). The first-order valence-electron chi connectivity index (χ1n) is 8.59. The molecule has 142 valence electrons. The smallest absolute Gasteiger partial charge is 0.267 e. The fraction of sp³-hybridized carbons (Fsp3) is 0.158. The summed E-state index contributed by atoms with van der Waals surface area (Å²) in [6.45, 7) is 2.30. The Balaban J connectivity index is 1.89. The monoisotopic (exact) mass is 379 g/mol. The average Bonchev–Trinajstić information content (AvgIpc) is 2.70. The Morgan fingerprint density at radius 1 is 1.25 bits per heavy atom. The van der Waals surface area contributed by atoms with Gasteiger partial charge < -0.3 is 0 Å². The second-order valence-corrected chi connectivity index (χ2v) is 5.97. The molecule has 0 spiro atoms. The highest BCUT2D eigenvalue weighted by Gasteiger charge is 2.16. The van der Waals surface area contributed by atoms with Crippen LogP contribution in [0.2, 0.25) is 0 Å². The van der Waals surface area contributed by atoms with Crippen molar-refractivity contribution in [1.82, 2.24) is 15.2 Å². The Morgan fingerprint density at radius 2 is 2.00 bits per heavy atom. The van der Waals surface area contributed by atoms with Gasteiger partial charge in [-0.3, -0.25) is 19.7 Å². The van der Waals surface area contributed by atoms with Gasteiger partial charge in [-0.2, -0.15) is 10.2 Å². The lowest BCUT2D eigenvalue weighted by molar-refractivity contribution is -0.384. The van der Waals surface area contributed by atoms with Gasteiger partial charge in [0.05, 0.1) is 16.5 Å². The number of hydrazone groups is 1. The fourth-order valence-electron chi connectivity index (χ4n) is 2.70. The molecule has 1 amide bonds. The van der Waals surface area contributed by atoms with Crippen molar-refractivity contribution in [3.63, 3.8) is 0 Å². The number of nitrogens with zero attached hydrogens (tertiary/aromatic N) is 4. The molecule has 0 fully saturated rings. The number of rotatable bonds is 6. The van der Waals surface area contributed by atoms with Gasteiger partial charge in [0.25, 0.3) is 17.2 Å². The Bertz CT molecular complexity index is 1140. The third-order valence-corrected chi connectivity index (χ3v) is 3.98. The minimum atomic E-state index is -0.581. The third kappa shape index (κ3) is 3.93.